The lowest BCUT2D eigenvalue weighted by atomic mass is 10.1. The van der Waals surface area contributed by atoms with Crippen molar-refractivity contribution in [2.45, 2.75) is 26.4 Å². The molecule has 0 heterocycles. The van der Waals surface area contributed by atoms with Crippen molar-refractivity contribution in [1.29, 1.82) is 0 Å². The smallest absolute Gasteiger partial charge is 0.305 e. The third-order valence-corrected chi connectivity index (χ3v) is 4.30. The first-order valence-corrected chi connectivity index (χ1v) is 9.24. The number of carbonyl (C=O) groups excluding carboxylic acids is 1. The molecule has 4 heteroatoms. The average molecular weight is 376 g/mol. The largest absolute Gasteiger partial charge is 0.489 e. The van der Waals surface area contributed by atoms with Crippen LogP contribution in [0.2, 0.25) is 0 Å². The number of hydrogen-bond donors (Lipinski definition) is 0. The van der Waals surface area contributed by atoms with Crippen molar-refractivity contribution < 1.29 is 19.0 Å². The zero-order valence-corrected chi connectivity index (χ0v) is 16.2. The van der Waals surface area contributed by atoms with Gasteiger partial charge in [-0.15, -0.1) is 0 Å². The summed E-state index contributed by atoms with van der Waals surface area (Å²) >= 11 is 0. The summed E-state index contributed by atoms with van der Waals surface area (Å²) in [5, 5.41) is 0. The molecule has 0 atom stereocenters. The summed E-state index contributed by atoms with van der Waals surface area (Å²) < 4.78 is 16.5. The second kappa shape index (κ2) is 9.60. The summed E-state index contributed by atoms with van der Waals surface area (Å²) in [7, 11) is 1.40. The third kappa shape index (κ3) is 5.88. The minimum atomic E-state index is -0.201. The van der Waals surface area contributed by atoms with E-state index in [0.717, 1.165) is 33.9 Å². The number of methoxy groups -OCH3 is 1. The van der Waals surface area contributed by atoms with Gasteiger partial charge in [0.2, 0.25) is 0 Å². The Hall–Kier alpha value is -3.27. The van der Waals surface area contributed by atoms with Gasteiger partial charge in [0.25, 0.3) is 0 Å². The molecule has 0 unspecified atom stereocenters. The van der Waals surface area contributed by atoms with Crippen molar-refractivity contribution in [3.05, 3.63) is 89.5 Å². The maximum Gasteiger partial charge on any atom is 0.305 e. The fraction of sp³-hybridized carbons (Fsp3) is 0.208. The molecule has 0 aliphatic heterocycles. The van der Waals surface area contributed by atoms with E-state index in [1.54, 1.807) is 0 Å². The molecule has 0 spiro atoms. The van der Waals surface area contributed by atoms with E-state index in [1.165, 1.54) is 7.11 Å². The summed E-state index contributed by atoms with van der Waals surface area (Å²) in [4.78, 5) is 11.2. The molecule has 0 aliphatic rings. The van der Waals surface area contributed by atoms with Gasteiger partial charge >= 0.3 is 5.97 Å². The summed E-state index contributed by atoms with van der Waals surface area (Å²) in [5.74, 6) is 2.19. The topological polar surface area (TPSA) is 44.8 Å². The van der Waals surface area contributed by atoms with Crippen LogP contribution >= 0.6 is 0 Å². The van der Waals surface area contributed by atoms with Crippen LogP contribution < -0.4 is 9.47 Å². The van der Waals surface area contributed by atoms with E-state index >= 15 is 0 Å². The number of carbonyl (C=O) groups is 1. The lowest BCUT2D eigenvalue weighted by molar-refractivity contribution is -0.140. The van der Waals surface area contributed by atoms with Gasteiger partial charge in [0.1, 0.15) is 23.9 Å². The zero-order valence-electron chi connectivity index (χ0n) is 16.2. The normalized spacial score (nSPS) is 10.4. The first kappa shape index (κ1) is 19.5. The highest BCUT2D eigenvalue weighted by atomic mass is 16.5. The molecule has 3 aromatic carbocycles. The van der Waals surface area contributed by atoms with Crippen LogP contribution in [0.3, 0.4) is 0 Å². The Morgan fingerprint density at radius 1 is 0.821 bits per heavy atom. The van der Waals surface area contributed by atoms with Crippen LogP contribution in [-0.2, 0) is 22.6 Å². The SMILES string of the molecule is COC(=O)CCc1ccc(OCc2cccc(Oc3cccc(C)c3)c2)cc1. The molecule has 0 fully saturated rings. The van der Waals surface area contributed by atoms with E-state index in [-0.39, 0.29) is 5.97 Å². The number of hydrogen-bond acceptors (Lipinski definition) is 4. The molecular weight excluding hydrogens is 352 g/mol. The van der Waals surface area contributed by atoms with Gasteiger partial charge in [-0.25, -0.2) is 0 Å². The van der Waals surface area contributed by atoms with Crippen LogP contribution in [0.25, 0.3) is 0 Å². The number of aryl methyl sites for hydroxylation is 2. The van der Waals surface area contributed by atoms with Crippen molar-refractivity contribution in [3.8, 4) is 17.2 Å². The van der Waals surface area contributed by atoms with E-state index < -0.39 is 0 Å². The predicted octanol–water partition coefficient (Wildman–Crippen LogP) is 5.47. The zero-order chi connectivity index (χ0) is 19.8. The molecule has 0 radical (unpaired) electrons. The highest BCUT2D eigenvalue weighted by molar-refractivity contribution is 5.69. The van der Waals surface area contributed by atoms with E-state index in [1.807, 2.05) is 79.7 Å². The number of esters is 1. The van der Waals surface area contributed by atoms with E-state index in [2.05, 4.69) is 4.74 Å². The van der Waals surface area contributed by atoms with Gasteiger partial charge in [-0.1, -0.05) is 36.4 Å². The molecule has 0 aromatic heterocycles. The molecule has 4 nitrogen and oxygen atoms in total. The summed E-state index contributed by atoms with van der Waals surface area (Å²) in [6.07, 6.45) is 1.04. The fourth-order valence-corrected chi connectivity index (χ4v) is 2.78. The van der Waals surface area contributed by atoms with Gasteiger partial charge in [-0.05, 0) is 66.4 Å². The first-order valence-electron chi connectivity index (χ1n) is 9.24. The van der Waals surface area contributed by atoms with Crippen molar-refractivity contribution in [2.24, 2.45) is 0 Å². The molecule has 144 valence electrons. The highest BCUT2D eigenvalue weighted by Gasteiger charge is 2.03. The maximum absolute atomic E-state index is 11.2. The van der Waals surface area contributed by atoms with E-state index in [9.17, 15) is 4.79 Å². The van der Waals surface area contributed by atoms with Gasteiger partial charge < -0.3 is 14.2 Å². The lowest BCUT2D eigenvalue weighted by Crippen LogP contribution is -2.02. The second-order valence-corrected chi connectivity index (χ2v) is 6.57. The van der Waals surface area contributed by atoms with Gasteiger partial charge in [0.05, 0.1) is 7.11 Å². The van der Waals surface area contributed by atoms with E-state index in [0.29, 0.717) is 19.4 Å². The van der Waals surface area contributed by atoms with Gasteiger partial charge in [-0.2, -0.15) is 0 Å². The minimum Gasteiger partial charge on any atom is -0.489 e. The summed E-state index contributed by atoms with van der Waals surface area (Å²) in [6.45, 7) is 2.49. The summed E-state index contributed by atoms with van der Waals surface area (Å²) in [5.41, 5.74) is 3.26. The van der Waals surface area contributed by atoms with Crippen LogP contribution in [0.1, 0.15) is 23.1 Å². The Morgan fingerprint density at radius 3 is 2.25 bits per heavy atom. The van der Waals surface area contributed by atoms with E-state index in [4.69, 9.17) is 9.47 Å². The average Bonchev–Trinajstić information content (AvgIpc) is 2.71. The molecule has 0 saturated carbocycles. The molecule has 0 N–H and O–H groups in total. The van der Waals surface area contributed by atoms with Crippen molar-refractivity contribution >= 4 is 5.97 Å². The molecule has 0 saturated heterocycles. The highest BCUT2D eigenvalue weighted by Crippen LogP contribution is 2.24. The Labute approximate surface area is 165 Å². The molecule has 0 aliphatic carbocycles. The first-order chi connectivity index (χ1) is 13.6. The number of rotatable bonds is 8. The fourth-order valence-electron chi connectivity index (χ4n) is 2.78. The van der Waals surface area contributed by atoms with Crippen molar-refractivity contribution in [1.82, 2.24) is 0 Å². The van der Waals surface area contributed by atoms with Gasteiger partial charge in [0.15, 0.2) is 0 Å². The molecule has 0 amide bonds. The van der Waals surface area contributed by atoms with Crippen molar-refractivity contribution in [3.63, 3.8) is 0 Å². The number of ether oxygens (including phenoxy) is 3. The Balaban J connectivity index is 1.55. The number of benzene rings is 3. The van der Waals surface area contributed by atoms with Crippen LogP contribution in [-0.4, -0.2) is 13.1 Å². The monoisotopic (exact) mass is 376 g/mol. The molecular formula is C24H24O4. The van der Waals surface area contributed by atoms with Gasteiger partial charge in [-0.3, -0.25) is 4.79 Å². The van der Waals surface area contributed by atoms with Crippen LogP contribution in [0.4, 0.5) is 0 Å². The Bertz CT molecular complexity index is 916. The van der Waals surface area contributed by atoms with Crippen molar-refractivity contribution in [2.75, 3.05) is 7.11 Å². The van der Waals surface area contributed by atoms with Crippen LogP contribution in [0.15, 0.2) is 72.8 Å². The third-order valence-electron chi connectivity index (χ3n) is 4.30. The second-order valence-electron chi connectivity index (χ2n) is 6.57. The molecule has 3 aromatic rings. The van der Waals surface area contributed by atoms with Crippen LogP contribution in [0, 0.1) is 6.92 Å². The molecule has 28 heavy (non-hydrogen) atoms. The predicted molar refractivity (Wildman–Crippen MR) is 109 cm³/mol. The standard InChI is InChI=1S/C24H24O4/c1-18-5-3-7-22(15-18)28-23-8-4-6-20(16-23)17-27-21-12-9-19(10-13-21)11-14-24(25)26-2/h3-10,12-13,15-16H,11,14,17H2,1-2H3. The lowest BCUT2D eigenvalue weighted by Gasteiger charge is -2.10. The molecule has 3 rings (SSSR count). The Morgan fingerprint density at radius 2 is 1.54 bits per heavy atom. The maximum atomic E-state index is 11.2. The summed E-state index contributed by atoms with van der Waals surface area (Å²) in [6, 6.07) is 23.6. The Kier molecular flexibility index (Phi) is 6.68. The quantitative estimate of drug-likeness (QED) is 0.489. The van der Waals surface area contributed by atoms with Gasteiger partial charge in [0, 0.05) is 6.42 Å². The van der Waals surface area contributed by atoms with Crippen LogP contribution in [0.5, 0.6) is 17.2 Å². The molecule has 0 bridgehead atoms. The minimum absolute atomic E-state index is 0.201.